The summed E-state index contributed by atoms with van der Waals surface area (Å²) in [6.45, 7) is 7.45. The summed E-state index contributed by atoms with van der Waals surface area (Å²) in [4.78, 5) is 49.8. The Bertz CT molecular complexity index is 2000. The van der Waals surface area contributed by atoms with Crippen molar-refractivity contribution in [2.75, 3.05) is 25.6 Å². The van der Waals surface area contributed by atoms with Gasteiger partial charge in [-0.25, -0.2) is 9.55 Å². The van der Waals surface area contributed by atoms with Crippen LogP contribution in [0.3, 0.4) is 0 Å². The first kappa shape index (κ1) is 39.4. The number of H-pyrrole nitrogens is 1. The van der Waals surface area contributed by atoms with E-state index >= 15 is 0 Å². The van der Waals surface area contributed by atoms with Crippen LogP contribution in [-0.4, -0.2) is 63.4 Å². The number of nitrogen functional groups attached to an aromatic ring is 1. The molecule has 0 bridgehead atoms. The number of rotatable bonds is 19. The third kappa shape index (κ3) is 10.2. The maximum absolute atomic E-state index is 14.8. The summed E-state index contributed by atoms with van der Waals surface area (Å²) in [5.74, 6) is -1.06. The number of imidazole rings is 1. The molecule has 0 radical (unpaired) electrons. The molecular weight excluding hydrogens is 701 g/mol. The molecule has 1 aliphatic carbocycles. The van der Waals surface area contributed by atoms with Crippen molar-refractivity contribution in [3.05, 3.63) is 88.5 Å². The molecule has 16 heteroatoms. The molecule has 2 aromatic heterocycles. The molecule has 2 aromatic carbocycles. The van der Waals surface area contributed by atoms with Crippen LogP contribution >= 0.6 is 7.75 Å². The highest BCUT2D eigenvalue weighted by molar-refractivity contribution is 7.52. The van der Waals surface area contributed by atoms with Gasteiger partial charge in [-0.3, -0.25) is 28.5 Å². The van der Waals surface area contributed by atoms with Gasteiger partial charge in [-0.2, -0.15) is 10.1 Å². The maximum Gasteiger partial charge on any atom is 0.459 e. The predicted molar refractivity (Wildman–Crippen MR) is 200 cm³/mol. The molecule has 0 spiro atoms. The number of para-hydroxylation sites is 1. The number of hydrogen-bond acceptors (Lipinski definition) is 12. The maximum atomic E-state index is 14.8. The zero-order valence-electron chi connectivity index (χ0n) is 30.4. The number of carbonyl (C=O) groups excluding carboxylic acids is 2. The lowest BCUT2D eigenvalue weighted by Gasteiger charge is -2.27. The highest BCUT2D eigenvalue weighted by Gasteiger charge is 2.53. The molecule has 284 valence electrons. The van der Waals surface area contributed by atoms with Crippen LogP contribution in [0.1, 0.15) is 52.5 Å². The molecule has 0 aliphatic heterocycles. The average Bonchev–Trinajstić information content (AvgIpc) is 3.68. The largest absolute Gasteiger partial charge is 0.464 e. The molecule has 1 aliphatic rings. The Morgan fingerprint density at radius 3 is 2.38 bits per heavy atom. The average molecular weight is 750 g/mol. The Kier molecular flexibility index (Phi) is 12.9. The Labute approximate surface area is 308 Å². The second-order valence-corrected chi connectivity index (χ2v) is 15.3. The Morgan fingerprint density at radius 1 is 1.04 bits per heavy atom. The first-order valence-corrected chi connectivity index (χ1v) is 19.2. The van der Waals surface area contributed by atoms with Gasteiger partial charge in [0.1, 0.15) is 30.8 Å². The molecule has 53 heavy (non-hydrogen) atoms. The molecule has 2 heterocycles. The van der Waals surface area contributed by atoms with Gasteiger partial charge in [0, 0.05) is 6.20 Å². The number of carbonyl (C=O) groups is 2. The van der Waals surface area contributed by atoms with Gasteiger partial charge in [0.25, 0.3) is 5.56 Å². The summed E-state index contributed by atoms with van der Waals surface area (Å²) in [6, 6.07) is 15.7. The van der Waals surface area contributed by atoms with Crippen LogP contribution in [0.4, 0.5) is 5.95 Å². The van der Waals surface area contributed by atoms with Crippen LogP contribution in [-0.2, 0) is 34.6 Å². The molecule has 4 aromatic rings. The quantitative estimate of drug-likeness (QED) is 0.0747. The number of benzene rings is 2. The molecule has 5 rings (SSSR count). The number of ether oxygens (including phenoxy) is 2. The summed E-state index contributed by atoms with van der Waals surface area (Å²) < 4.78 is 40.0. The number of hydrogen-bond donors (Lipinski definition) is 4. The third-order valence-electron chi connectivity index (χ3n) is 9.29. The molecule has 15 nitrogen and oxygen atoms in total. The minimum atomic E-state index is -4.37. The van der Waals surface area contributed by atoms with Crippen LogP contribution in [0.15, 0.2) is 77.4 Å². The monoisotopic (exact) mass is 749 g/mol. The predicted octanol–water partition coefficient (Wildman–Crippen LogP) is 4.84. The number of aromatic nitrogens is 4. The fraction of sp³-hybridized carbons (Fsp3) is 0.432. The lowest BCUT2D eigenvalue weighted by molar-refractivity contribution is -0.149. The van der Waals surface area contributed by atoms with Crippen molar-refractivity contribution in [2.24, 2.45) is 23.0 Å². The van der Waals surface area contributed by atoms with E-state index in [1.165, 1.54) is 10.9 Å². The zero-order valence-corrected chi connectivity index (χ0v) is 31.3. The number of nitrogens with two attached hydrogens (primary N) is 2. The molecule has 6 N–H and O–H groups in total. The molecule has 1 fully saturated rings. The normalized spacial score (nSPS) is 18.5. The first-order valence-electron chi connectivity index (χ1n) is 17.7. The Balaban J connectivity index is 1.46. The van der Waals surface area contributed by atoms with E-state index < -0.39 is 42.7 Å². The molecule has 4 atom stereocenters. The number of nitrogens with zero attached hydrogens (tertiary/aromatic N) is 3. The smallest absolute Gasteiger partial charge is 0.459 e. The lowest BCUT2D eigenvalue weighted by atomic mass is 10.0. The van der Waals surface area contributed by atoms with Crippen molar-refractivity contribution in [1.82, 2.24) is 24.6 Å². The van der Waals surface area contributed by atoms with Crippen molar-refractivity contribution in [2.45, 2.75) is 65.5 Å². The minimum Gasteiger partial charge on any atom is -0.464 e. The van der Waals surface area contributed by atoms with Crippen LogP contribution in [0.25, 0.3) is 17.4 Å². The highest BCUT2D eigenvalue weighted by Crippen LogP contribution is 2.56. The fourth-order valence-corrected chi connectivity index (χ4v) is 7.16. The van der Waals surface area contributed by atoms with Crippen molar-refractivity contribution in [3.63, 3.8) is 0 Å². The highest BCUT2D eigenvalue weighted by atomic mass is 31.2. The van der Waals surface area contributed by atoms with Gasteiger partial charge in [0.15, 0.2) is 11.2 Å². The van der Waals surface area contributed by atoms with Gasteiger partial charge in [-0.1, -0.05) is 89.1 Å². The van der Waals surface area contributed by atoms with Crippen LogP contribution in [0.2, 0.25) is 0 Å². The molecule has 1 saturated carbocycles. The number of anilines is 1. The first-order chi connectivity index (χ1) is 25.3. The van der Waals surface area contributed by atoms with Gasteiger partial charge < -0.3 is 25.5 Å². The number of aromatic amines is 1. The van der Waals surface area contributed by atoms with Crippen LogP contribution < -0.4 is 26.6 Å². The zero-order chi connectivity index (χ0) is 38.2. The van der Waals surface area contributed by atoms with Crippen molar-refractivity contribution >= 4 is 43.0 Å². The Hall–Kier alpha value is -4.82. The van der Waals surface area contributed by atoms with E-state index in [9.17, 15) is 18.9 Å². The molecular formula is C37H48N7O8P. The van der Waals surface area contributed by atoms with Crippen LogP contribution in [0, 0.1) is 17.3 Å². The standard InChI is InChI=1S/C37H48N7O8P/c1-5-25(6-2)20-49-34(46)29(17-26-13-9-7-10-14-26)43-53(48,52-28-15-11-8-12-16-28)51-22-37(21-50-35(47)30(38)24(3)4)18-27(37)19-44-23-40-31-32(44)41-36(39)42-33(31)45/h7-16,19,23-25,29-30H,5-6,17-18,20-22,38H2,1-4H3,(H,43,48)(H3,39,41,42,45)/b27-19-/t29?,30?,37?,53-/m0/s1. The van der Waals surface area contributed by atoms with E-state index in [2.05, 4.69) is 20.0 Å². The van der Waals surface area contributed by atoms with E-state index in [0.717, 1.165) is 18.4 Å². The van der Waals surface area contributed by atoms with E-state index in [0.29, 0.717) is 12.0 Å². The van der Waals surface area contributed by atoms with E-state index in [1.807, 2.05) is 58.0 Å². The summed E-state index contributed by atoms with van der Waals surface area (Å²) in [5, 5.41) is 2.89. The second-order valence-electron chi connectivity index (χ2n) is 13.6. The Morgan fingerprint density at radius 2 is 1.72 bits per heavy atom. The summed E-state index contributed by atoms with van der Waals surface area (Å²) in [7, 11) is -4.37. The molecule has 0 saturated heterocycles. The lowest BCUT2D eigenvalue weighted by Crippen LogP contribution is -2.40. The SMILES string of the molecule is CCC(CC)COC(=O)C(Cc1ccccc1)N[P@](=O)(OCC1(COC(=O)C(N)C(C)C)C/C1=C/n1cnc2c(=O)[nH]c(N)nc21)Oc1ccccc1. The van der Waals surface area contributed by atoms with E-state index in [4.69, 9.17) is 30.0 Å². The van der Waals surface area contributed by atoms with Crippen LogP contribution in [0.5, 0.6) is 5.75 Å². The third-order valence-corrected chi connectivity index (χ3v) is 10.8. The summed E-state index contributed by atoms with van der Waals surface area (Å²) in [5.41, 5.74) is 12.2. The van der Waals surface area contributed by atoms with Gasteiger partial charge >= 0.3 is 19.7 Å². The second kappa shape index (κ2) is 17.3. The number of fused-ring (bicyclic) bond motifs is 1. The van der Waals surface area contributed by atoms with Crippen molar-refractivity contribution < 1.29 is 32.7 Å². The van der Waals surface area contributed by atoms with Gasteiger partial charge in [-0.05, 0) is 47.9 Å². The van der Waals surface area contributed by atoms with Crippen molar-refractivity contribution in [3.8, 4) is 5.75 Å². The molecule has 3 unspecified atom stereocenters. The number of nitrogens with one attached hydrogen (secondary N) is 2. The van der Waals surface area contributed by atoms with Crippen molar-refractivity contribution in [1.29, 1.82) is 0 Å². The van der Waals surface area contributed by atoms with Gasteiger partial charge in [0.2, 0.25) is 5.95 Å². The van der Waals surface area contributed by atoms with Gasteiger partial charge in [0.05, 0.1) is 18.6 Å². The van der Waals surface area contributed by atoms with E-state index in [-0.39, 0.29) is 60.9 Å². The minimum absolute atomic E-state index is 0.0818. The molecule has 0 amide bonds. The van der Waals surface area contributed by atoms with E-state index in [1.54, 1.807) is 36.5 Å². The summed E-state index contributed by atoms with van der Waals surface area (Å²) >= 11 is 0. The summed E-state index contributed by atoms with van der Waals surface area (Å²) in [6.07, 6.45) is 5.24. The number of esters is 2. The van der Waals surface area contributed by atoms with Gasteiger partial charge in [-0.15, -0.1) is 0 Å². The fourth-order valence-electron chi connectivity index (χ4n) is 5.58. The topological polar surface area (TPSA) is 216 Å².